The maximum absolute atomic E-state index is 12.3. The van der Waals surface area contributed by atoms with Crippen LogP contribution in [0.2, 0.25) is 0 Å². The summed E-state index contributed by atoms with van der Waals surface area (Å²) < 4.78 is 0. The predicted octanol–water partition coefficient (Wildman–Crippen LogP) is -0.131. The van der Waals surface area contributed by atoms with Crippen molar-refractivity contribution in [2.75, 3.05) is 25.0 Å². The van der Waals surface area contributed by atoms with Crippen LogP contribution >= 0.6 is 0 Å². The van der Waals surface area contributed by atoms with Crippen molar-refractivity contribution >= 4 is 17.6 Å². The van der Waals surface area contributed by atoms with Crippen molar-refractivity contribution in [1.82, 2.24) is 20.2 Å². The quantitative estimate of drug-likeness (QED) is 0.793. The highest BCUT2D eigenvalue weighted by Crippen LogP contribution is 2.10. The minimum Gasteiger partial charge on any atom is -0.369 e. The number of rotatable bonds is 3. The number of hydrogen-bond donors (Lipinski definition) is 2. The van der Waals surface area contributed by atoms with Gasteiger partial charge in [-0.1, -0.05) is 0 Å². The lowest BCUT2D eigenvalue weighted by Crippen LogP contribution is -2.56. The molecule has 1 fully saturated rings. The lowest BCUT2D eigenvalue weighted by molar-refractivity contribution is -0.127. The number of carbonyl (C=O) groups excluding carboxylic acids is 2. The first-order valence-corrected chi connectivity index (χ1v) is 6.28. The molecule has 1 aromatic rings. The van der Waals surface area contributed by atoms with Gasteiger partial charge in [0.2, 0.25) is 5.91 Å². The van der Waals surface area contributed by atoms with E-state index in [2.05, 4.69) is 20.6 Å². The second-order valence-electron chi connectivity index (χ2n) is 4.29. The lowest BCUT2D eigenvalue weighted by Gasteiger charge is -2.32. The average Bonchev–Trinajstić information content (AvgIpc) is 2.42. The molecule has 1 saturated heterocycles. The van der Waals surface area contributed by atoms with E-state index in [-0.39, 0.29) is 17.5 Å². The third-order valence-corrected chi connectivity index (χ3v) is 2.97. The van der Waals surface area contributed by atoms with Gasteiger partial charge < -0.3 is 15.5 Å². The molecule has 1 aliphatic rings. The van der Waals surface area contributed by atoms with E-state index in [1.54, 1.807) is 13.1 Å². The zero-order valence-corrected chi connectivity index (χ0v) is 11.0. The summed E-state index contributed by atoms with van der Waals surface area (Å²) in [4.78, 5) is 33.6. The number of carbonyl (C=O) groups is 2. The van der Waals surface area contributed by atoms with Gasteiger partial charge in [0.25, 0.3) is 5.91 Å². The van der Waals surface area contributed by atoms with Crippen molar-refractivity contribution < 1.29 is 9.59 Å². The summed E-state index contributed by atoms with van der Waals surface area (Å²) in [6.07, 6.45) is 2.98. The van der Waals surface area contributed by atoms with Crippen molar-refractivity contribution in [3.05, 3.63) is 18.1 Å². The molecule has 1 aromatic heterocycles. The summed E-state index contributed by atoms with van der Waals surface area (Å²) in [5.74, 6) is 0.146. The lowest BCUT2D eigenvalue weighted by atomic mass is 10.2. The van der Waals surface area contributed by atoms with Crippen LogP contribution in [0.4, 0.5) is 5.82 Å². The number of anilines is 1. The van der Waals surface area contributed by atoms with Gasteiger partial charge in [-0.3, -0.25) is 14.6 Å². The minimum atomic E-state index is -0.481. The monoisotopic (exact) mass is 263 g/mol. The first-order valence-electron chi connectivity index (χ1n) is 6.28. The van der Waals surface area contributed by atoms with Gasteiger partial charge in [-0.2, -0.15) is 0 Å². The molecule has 19 heavy (non-hydrogen) atoms. The molecular formula is C12H17N5O2. The van der Waals surface area contributed by atoms with Crippen molar-refractivity contribution in [2.24, 2.45) is 0 Å². The second-order valence-corrected chi connectivity index (χ2v) is 4.29. The molecule has 2 heterocycles. The van der Waals surface area contributed by atoms with Gasteiger partial charge in [0, 0.05) is 19.6 Å². The Balaban J connectivity index is 2.18. The summed E-state index contributed by atoms with van der Waals surface area (Å²) in [7, 11) is 0. The van der Waals surface area contributed by atoms with Crippen LogP contribution in [0, 0.1) is 0 Å². The molecule has 1 unspecified atom stereocenters. The van der Waals surface area contributed by atoms with E-state index in [4.69, 9.17) is 0 Å². The van der Waals surface area contributed by atoms with Crippen LogP contribution in [0.1, 0.15) is 24.3 Å². The number of nitrogens with one attached hydrogen (secondary N) is 2. The number of aromatic nitrogens is 2. The van der Waals surface area contributed by atoms with E-state index in [1.165, 1.54) is 11.1 Å². The summed E-state index contributed by atoms with van der Waals surface area (Å²) >= 11 is 0. The van der Waals surface area contributed by atoms with Crippen LogP contribution in [-0.4, -0.2) is 52.4 Å². The molecule has 1 aliphatic heterocycles. The van der Waals surface area contributed by atoms with Crippen LogP contribution in [0.15, 0.2) is 12.4 Å². The molecule has 0 saturated carbocycles. The highest BCUT2D eigenvalue weighted by molar-refractivity contribution is 5.96. The van der Waals surface area contributed by atoms with Crippen LogP contribution < -0.4 is 10.6 Å². The number of amides is 2. The summed E-state index contributed by atoms with van der Waals surface area (Å²) in [6, 6.07) is -0.481. The molecule has 0 spiro atoms. The Bertz CT molecular complexity index is 491. The second kappa shape index (κ2) is 5.64. The molecule has 0 bridgehead atoms. The highest BCUT2D eigenvalue weighted by atomic mass is 16.2. The molecule has 0 aliphatic carbocycles. The van der Waals surface area contributed by atoms with Crippen LogP contribution in [0.25, 0.3) is 0 Å². The average molecular weight is 263 g/mol. The predicted molar refractivity (Wildman–Crippen MR) is 69.7 cm³/mol. The molecule has 102 valence electrons. The zero-order chi connectivity index (χ0) is 13.8. The van der Waals surface area contributed by atoms with E-state index in [0.29, 0.717) is 25.5 Å². The molecule has 0 aromatic carbocycles. The fourth-order valence-electron chi connectivity index (χ4n) is 1.94. The van der Waals surface area contributed by atoms with Crippen LogP contribution in [0.5, 0.6) is 0 Å². The molecule has 2 amide bonds. The summed E-state index contributed by atoms with van der Waals surface area (Å²) in [6.45, 7) is 5.30. The van der Waals surface area contributed by atoms with E-state index in [9.17, 15) is 9.59 Å². The smallest absolute Gasteiger partial charge is 0.274 e. The summed E-state index contributed by atoms with van der Waals surface area (Å²) in [5.41, 5.74) is 0.250. The minimum absolute atomic E-state index is 0.143. The van der Waals surface area contributed by atoms with Crippen LogP contribution in [0.3, 0.4) is 0 Å². The highest BCUT2D eigenvalue weighted by Gasteiger charge is 2.30. The standard InChI is InChI=1S/C12H17N5O2/c1-3-14-10-7-13-6-9(16-10)12(19)17-5-4-15-11(18)8(17)2/h6-8H,3-5H2,1-2H3,(H,14,16)(H,15,18). The topological polar surface area (TPSA) is 87.2 Å². The third-order valence-electron chi connectivity index (χ3n) is 2.97. The maximum Gasteiger partial charge on any atom is 0.274 e. The zero-order valence-electron chi connectivity index (χ0n) is 11.0. The SMILES string of the molecule is CCNc1cncc(C(=O)N2CCNC(=O)C2C)n1. The molecule has 7 heteroatoms. The Hall–Kier alpha value is -2.18. The molecule has 2 rings (SSSR count). The largest absolute Gasteiger partial charge is 0.369 e. The van der Waals surface area contributed by atoms with Crippen molar-refractivity contribution in [2.45, 2.75) is 19.9 Å². The Morgan fingerprint density at radius 2 is 2.37 bits per heavy atom. The molecule has 7 nitrogen and oxygen atoms in total. The Morgan fingerprint density at radius 1 is 1.58 bits per heavy atom. The molecule has 2 N–H and O–H groups in total. The van der Waals surface area contributed by atoms with Gasteiger partial charge in [-0.15, -0.1) is 0 Å². The van der Waals surface area contributed by atoms with Crippen molar-refractivity contribution in [3.8, 4) is 0 Å². The van der Waals surface area contributed by atoms with E-state index < -0.39 is 6.04 Å². The molecule has 1 atom stereocenters. The first kappa shape index (κ1) is 13.3. The van der Waals surface area contributed by atoms with Gasteiger partial charge in [-0.25, -0.2) is 4.98 Å². The van der Waals surface area contributed by atoms with Gasteiger partial charge in [0.15, 0.2) is 0 Å². The normalized spacial score (nSPS) is 18.9. The maximum atomic E-state index is 12.3. The van der Waals surface area contributed by atoms with E-state index in [0.717, 1.165) is 0 Å². The Morgan fingerprint density at radius 3 is 3.11 bits per heavy atom. The fourth-order valence-corrected chi connectivity index (χ4v) is 1.94. The Labute approximate surface area is 111 Å². The number of piperazine rings is 1. The Kier molecular flexibility index (Phi) is 3.94. The van der Waals surface area contributed by atoms with Crippen molar-refractivity contribution in [3.63, 3.8) is 0 Å². The van der Waals surface area contributed by atoms with Crippen LogP contribution in [-0.2, 0) is 4.79 Å². The van der Waals surface area contributed by atoms with Gasteiger partial charge in [0.05, 0.1) is 12.4 Å². The number of hydrogen-bond acceptors (Lipinski definition) is 5. The number of nitrogens with zero attached hydrogens (tertiary/aromatic N) is 3. The molecular weight excluding hydrogens is 246 g/mol. The van der Waals surface area contributed by atoms with Crippen molar-refractivity contribution in [1.29, 1.82) is 0 Å². The van der Waals surface area contributed by atoms with E-state index in [1.807, 2.05) is 6.92 Å². The summed E-state index contributed by atoms with van der Waals surface area (Å²) in [5, 5.41) is 5.72. The molecule has 0 radical (unpaired) electrons. The third kappa shape index (κ3) is 2.81. The van der Waals surface area contributed by atoms with E-state index >= 15 is 0 Å². The fraction of sp³-hybridized carbons (Fsp3) is 0.500. The van der Waals surface area contributed by atoms with Gasteiger partial charge >= 0.3 is 0 Å². The first-order chi connectivity index (χ1) is 9.13. The van der Waals surface area contributed by atoms with Gasteiger partial charge in [0.1, 0.15) is 17.6 Å². The van der Waals surface area contributed by atoms with Gasteiger partial charge in [-0.05, 0) is 13.8 Å².